The molecule has 0 aliphatic heterocycles. The van der Waals surface area contributed by atoms with Crippen molar-refractivity contribution in [3.8, 4) is 5.75 Å². The number of methoxy groups -OCH3 is 1. The van der Waals surface area contributed by atoms with Gasteiger partial charge in [-0.25, -0.2) is 8.78 Å². The molecule has 0 saturated carbocycles. The van der Waals surface area contributed by atoms with Crippen LogP contribution in [-0.4, -0.2) is 19.1 Å². The maximum absolute atomic E-state index is 13.3. The fourth-order valence-corrected chi connectivity index (χ4v) is 1.03. The normalized spacial score (nSPS) is 12.1. The number of benzene rings is 1. The molecule has 1 aromatic rings. The number of ether oxygens (including phenoxy) is 1. The van der Waals surface area contributed by atoms with Crippen LogP contribution >= 0.6 is 0 Å². The highest BCUT2D eigenvalue weighted by Crippen LogP contribution is 2.24. The molecule has 0 bridgehead atoms. The summed E-state index contributed by atoms with van der Waals surface area (Å²) in [5.41, 5.74) is 5.01. The van der Waals surface area contributed by atoms with Crippen molar-refractivity contribution in [3.05, 3.63) is 23.8 Å². The lowest BCUT2D eigenvalue weighted by atomic mass is 10.2. The summed E-state index contributed by atoms with van der Waals surface area (Å²) in [4.78, 5) is 11.2. The molecule has 1 atom stereocenters. The highest BCUT2D eigenvalue weighted by Gasteiger charge is 2.14. The first-order valence-electron chi connectivity index (χ1n) is 4.55. The maximum atomic E-state index is 13.3. The first-order chi connectivity index (χ1) is 7.45. The summed E-state index contributed by atoms with van der Waals surface area (Å²) in [7, 11) is 1.22. The molecule has 1 rings (SSSR count). The van der Waals surface area contributed by atoms with E-state index in [-0.39, 0.29) is 11.4 Å². The lowest BCUT2D eigenvalue weighted by Gasteiger charge is -2.10. The molecule has 0 aliphatic rings. The third-order valence-corrected chi connectivity index (χ3v) is 1.91. The van der Waals surface area contributed by atoms with E-state index in [1.165, 1.54) is 14.0 Å². The molecule has 1 aromatic carbocycles. The molecule has 4 nitrogen and oxygen atoms in total. The third-order valence-electron chi connectivity index (χ3n) is 1.91. The van der Waals surface area contributed by atoms with Crippen molar-refractivity contribution >= 4 is 11.6 Å². The van der Waals surface area contributed by atoms with Crippen molar-refractivity contribution in [2.45, 2.75) is 13.0 Å². The summed E-state index contributed by atoms with van der Waals surface area (Å²) in [6, 6.07) is 0.894. The molecular weight excluding hydrogens is 218 g/mol. The van der Waals surface area contributed by atoms with Crippen LogP contribution < -0.4 is 15.8 Å². The number of hydrogen-bond donors (Lipinski definition) is 2. The fourth-order valence-electron chi connectivity index (χ4n) is 1.03. The van der Waals surface area contributed by atoms with Crippen molar-refractivity contribution < 1.29 is 18.3 Å². The van der Waals surface area contributed by atoms with Crippen LogP contribution in [0, 0.1) is 11.6 Å². The van der Waals surface area contributed by atoms with Crippen molar-refractivity contribution in [2.75, 3.05) is 12.4 Å². The third kappa shape index (κ3) is 2.66. The molecule has 0 saturated heterocycles. The van der Waals surface area contributed by atoms with E-state index < -0.39 is 23.6 Å². The molecule has 3 N–H and O–H groups in total. The van der Waals surface area contributed by atoms with Crippen LogP contribution in [0.2, 0.25) is 0 Å². The smallest absolute Gasteiger partial charge is 0.241 e. The summed E-state index contributed by atoms with van der Waals surface area (Å²) in [5, 5.41) is 2.17. The number of halogens is 2. The van der Waals surface area contributed by atoms with Crippen molar-refractivity contribution in [1.29, 1.82) is 0 Å². The zero-order chi connectivity index (χ0) is 12.3. The first-order valence-corrected chi connectivity index (χ1v) is 4.55. The second kappa shape index (κ2) is 4.89. The number of nitrogens with two attached hydrogens (primary N) is 1. The van der Waals surface area contributed by atoms with Crippen LogP contribution in [-0.2, 0) is 4.79 Å². The van der Waals surface area contributed by atoms with Gasteiger partial charge >= 0.3 is 0 Å². The number of nitrogens with one attached hydrogen (secondary N) is 1. The Morgan fingerprint density at radius 3 is 2.56 bits per heavy atom. The van der Waals surface area contributed by atoms with Gasteiger partial charge in [0.15, 0.2) is 17.4 Å². The summed E-state index contributed by atoms with van der Waals surface area (Å²) in [5.74, 6) is -2.36. The van der Waals surface area contributed by atoms with Gasteiger partial charge in [0, 0.05) is 12.1 Å². The highest BCUT2D eigenvalue weighted by atomic mass is 19.1. The van der Waals surface area contributed by atoms with E-state index in [1.807, 2.05) is 0 Å². The van der Waals surface area contributed by atoms with Gasteiger partial charge in [-0.15, -0.1) is 0 Å². The van der Waals surface area contributed by atoms with Gasteiger partial charge < -0.3 is 15.8 Å². The Balaban J connectivity index is 2.98. The number of hydrogen-bond acceptors (Lipinski definition) is 3. The lowest BCUT2D eigenvalue weighted by molar-refractivity contribution is -0.117. The molecule has 1 amide bonds. The molecule has 6 heteroatoms. The predicted molar refractivity (Wildman–Crippen MR) is 55.2 cm³/mol. The molecular formula is C10H12F2N2O2. The SMILES string of the molecule is COc1cc(F)c(NC(=O)[C@H](C)N)cc1F. The summed E-state index contributed by atoms with van der Waals surface area (Å²) < 4.78 is 31.1. The molecule has 0 fully saturated rings. The number of anilines is 1. The van der Waals surface area contributed by atoms with Gasteiger partial charge in [-0.05, 0) is 6.92 Å². The minimum Gasteiger partial charge on any atom is -0.494 e. The van der Waals surface area contributed by atoms with E-state index in [0.29, 0.717) is 0 Å². The lowest BCUT2D eigenvalue weighted by Crippen LogP contribution is -2.32. The summed E-state index contributed by atoms with van der Waals surface area (Å²) >= 11 is 0. The van der Waals surface area contributed by atoms with Crippen LogP contribution in [0.1, 0.15) is 6.92 Å². The minimum absolute atomic E-state index is 0.226. The molecule has 16 heavy (non-hydrogen) atoms. The second-order valence-corrected chi connectivity index (χ2v) is 3.24. The zero-order valence-electron chi connectivity index (χ0n) is 8.88. The first kappa shape index (κ1) is 12.4. The Morgan fingerprint density at radius 1 is 1.44 bits per heavy atom. The van der Waals surface area contributed by atoms with Crippen molar-refractivity contribution in [3.63, 3.8) is 0 Å². The van der Waals surface area contributed by atoms with Crippen LogP contribution in [0.5, 0.6) is 5.75 Å². The quantitative estimate of drug-likeness (QED) is 0.821. The highest BCUT2D eigenvalue weighted by molar-refractivity contribution is 5.94. The largest absolute Gasteiger partial charge is 0.494 e. The van der Waals surface area contributed by atoms with E-state index in [4.69, 9.17) is 5.73 Å². The van der Waals surface area contributed by atoms with E-state index in [1.54, 1.807) is 0 Å². The fraction of sp³-hybridized carbons (Fsp3) is 0.300. The Morgan fingerprint density at radius 2 is 2.06 bits per heavy atom. The van der Waals surface area contributed by atoms with E-state index in [0.717, 1.165) is 12.1 Å². The summed E-state index contributed by atoms with van der Waals surface area (Å²) in [6.07, 6.45) is 0. The Kier molecular flexibility index (Phi) is 3.78. The predicted octanol–water partition coefficient (Wildman–Crippen LogP) is 1.26. The van der Waals surface area contributed by atoms with E-state index >= 15 is 0 Å². The zero-order valence-corrected chi connectivity index (χ0v) is 8.88. The molecule has 0 aliphatic carbocycles. The number of rotatable bonds is 3. The van der Waals surface area contributed by atoms with Crippen molar-refractivity contribution in [1.82, 2.24) is 0 Å². The van der Waals surface area contributed by atoms with Gasteiger partial charge in [-0.3, -0.25) is 4.79 Å². The van der Waals surface area contributed by atoms with Gasteiger partial charge in [0.05, 0.1) is 18.8 Å². The average molecular weight is 230 g/mol. The molecule has 0 spiro atoms. The van der Waals surface area contributed by atoms with Gasteiger partial charge in [-0.2, -0.15) is 0 Å². The van der Waals surface area contributed by atoms with Crippen LogP contribution in [0.15, 0.2) is 12.1 Å². The van der Waals surface area contributed by atoms with E-state index in [9.17, 15) is 13.6 Å². The molecule has 0 heterocycles. The Labute approximate surface area is 91.4 Å². The number of amides is 1. The van der Waals surface area contributed by atoms with Crippen LogP contribution in [0.3, 0.4) is 0 Å². The maximum Gasteiger partial charge on any atom is 0.241 e. The van der Waals surface area contributed by atoms with Gasteiger partial charge in [-0.1, -0.05) is 0 Å². The monoisotopic (exact) mass is 230 g/mol. The second-order valence-electron chi connectivity index (χ2n) is 3.24. The van der Waals surface area contributed by atoms with Crippen molar-refractivity contribution in [2.24, 2.45) is 5.73 Å². The minimum atomic E-state index is -0.801. The molecule has 0 unspecified atom stereocenters. The topological polar surface area (TPSA) is 64.3 Å². The molecule has 0 radical (unpaired) electrons. The summed E-state index contributed by atoms with van der Waals surface area (Å²) in [6.45, 7) is 1.44. The average Bonchev–Trinajstić information content (AvgIpc) is 2.22. The molecule has 88 valence electrons. The Bertz CT molecular complexity index is 408. The Hall–Kier alpha value is -1.69. The van der Waals surface area contributed by atoms with Gasteiger partial charge in [0.25, 0.3) is 0 Å². The van der Waals surface area contributed by atoms with Crippen LogP contribution in [0.25, 0.3) is 0 Å². The van der Waals surface area contributed by atoms with Gasteiger partial charge in [0.1, 0.15) is 0 Å². The van der Waals surface area contributed by atoms with Crippen LogP contribution in [0.4, 0.5) is 14.5 Å². The standard InChI is InChI=1S/C10H12F2N2O2/c1-5(13)10(15)14-8-3-7(12)9(16-2)4-6(8)11/h3-5H,13H2,1-2H3,(H,14,15)/t5-/m0/s1. The van der Waals surface area contributed by atoms with Gasteiger partial charge in [0.2, 0.25) is 5.91 Å². The molecule has 0 aromatic heterocycles. The van der Waals surface area contributed by atoms with E-state index in [2.05, 4.69) is 10.1 Å². The number of carbonyl (C=O) groups excluding carboxylic acids is 1. The number of carbonyl (C=O) groups is 1.